The van der Waals surface area contributed by atoms with Gasteiger partial charge in [-0.1, -0.05) is 35.9 Å². The van der Waals surface area contributed by atoms with Crippen LogP contribution in [0.5, 0.6) is 0 Å². The van der Waals surface area contributed by atoms with Crippen LogP contribution in [0.1, 0.15) is 22.3 Å². The lowest BCUT2D eigenvalue weighted by Crippen LogP contribution is -2.42. The molecule has 3 N–H and O–H groups in total. The maximum atomic E-state index is 12.9. The summed E-state index contributed by atoms with van der Waals surface area (Å²) in [5.74, 6) is -1.22. The van der Waals surface area contributed by atoms with Crippen LogP contribution in [0.3, 0.4) is 0 Å². The Hall–Kier alpha value is -2.64. The van der Waals surface area contributed by atoms with Gasteiger partial charge in [-0.3, -0.25) is 4.79 Å². The van der Waals surface area contributed by atoms with Gasteiger partial charge in [-0.25, -0.2) is 8.42 Å². The van der Waals surface area contributed by atoms with Crippen molar-refractivity contribution < 1.29 is 18.3 Å². The lowest BCUT2D eigenvalue weighted by atomic mass is 10.1. The first kappa shape index (κ1) is 19.1. The molecule has 0 aliphatic heterocycles. The Labute approximate surface area is 158 Å². The first-order valence-corrected chi connectivity index (χ1v) is 10.1. The van der Waals surface area contributed by atoms with Crippen molar-refractivity contribution in [1.82, 2.24) is 9.71 Å². The molecule has 1 aromatic heterocycles. The summed E-state index contributed by atoms with van der Waals surface area (Å²) in [4.78, 5) is 15.0. The second kappa shape index (κ2) is 7.17. The van der Waals surface area contributed by atoms with Gasteiger partial charge in [0, 0.05) is 23.5 Å². The maximum absolute atomic E-state index is 12.9. The number of aryl methyl sites for hydroxylation is 3. The zero-order valence-corrected chi connectivity index (χ0v) is 16.2. The van der Waals surface area contributed by atoms with Crippen LogP contribution >= 0.6 is 0 Å². The molecule has 0 spiro atoms. The number of para-hydroxylation sites is 1. The highest BCUT2D eigenvalue weighted by Crippen LogP contribution is 2.23. The van der Waals surface area contributed by atoms with E-state index in [-0.39, 0.29) is 11.3 Å². The van der Waals surface area contributed by atoms with Crippen molar-refractivity contribution in [1.29, 1.82) is 0 Å². The second-order valence-corrected chi connectivity index (χ2v) is 8.45. The van der Waals surface area contributed by atoms with E-state index in [0.29, 0.717) is 11.1 Å². The van der Waals surface area contributed by atoms with Crippen molar-refractivity contribution in [3.05, 3.63) is 64.8 Å². The van der Waals surface area contributed by atoms with Crippen LogP contribution in [-0.4, -0.2) is 30.5 Å². The minimum atomic E-state index is -3.98. The van der Waals surface area contributed by atoms with E-state index in [1.807, 2.05) is 31.2 Å². The third-order valence-corrected chi connectivity index (χ3v) is 6.34. The zero-order chi connectivity index (χ0) is 19.8. The number of sulfonamides is 1. The highest BCUT2D eigenvalue weighted by molar-refractivity contribution is 7.89. The Balaban J connectivity index is 1.94. The van der Waals surface area contributed by atoms with E-state index in [0.717, 1.165) is 22.0 Å². The molecule has 27 heavy (non-hydrogen) atoms. The number of H-pyrrole nitrogens is 1. The molecule has 3 aromatic rings. The van der Waals surface area contributed by atoms with Crippen LogP contribution in [0.15, 0.2) is 47.5 Å². The third-order valence-electron chi connectivity index (χ3n) is 4.57. The number of hydrogen-bond acceptors (Lipinski definition) is 3. The van der Waals surface area contributed by atoms with Gasteiger partial charge >= 0.3 is 5.97 Å². The van der Waals surface area contributed by atoms with Gasteiger partial charge in [-0.2, -0.15) is 4.72 Å². The molecule has 0 bridgehead atoms. The summed E-state index contributed by atoms with van der Waals surface area (Å²) in [5, 5.41) is 10.5. The minimum absolute atomic E-state index is 0.0442. The molecule has 0 fully saturated rings. The van der Waals surface area contributed by atoms with Gasteiger partial charge in [0.05, 0.1) is 4.90 Å². The predicted octanol–water partition coefficient (Wildman–Crippen LogP) is 3.07. The summed E-state index contributed by atoms with van der Waals surface area (Å²) < 4.78 is 28.2. The Morgan fingerprint density at radius 2 is 1.78 bits per heavy atom. The topological polar surface area (TPSA) is 99.3 Å². The van der Waals surface area contributed by atoms with E-state index in [2.05, 4.69) is 9.71 Å². The number of nitrogens with one attached hydrogen (secondary N) is 2. The molecule has 0 saturated carbocycles. The van der Waals surface area contributed by atoms with Crippen LogP contribution in [0, 0.1) is 20.8 Å². The van der Waals surface area contributed by atoms with Gasteiger partial charge in [-0.05, 0) is 43.5 Å². The number of rotatable bonds is 6. The Morgan fingerprint density at radius 3 is 2.41 bits per heavy atom. The quantitative estimate of drug-likeness (QED) is 0.606. The Kier molecular flexibility index (Phi) is 5.08. The fourth-order valence-electron chi connectivity index (χ4n) is 3.54. The van der Waals surface area contributed by atoms with Crippen molar-refractivity contribution in [2.24, 2.45) is 0 Å². The highest BCUT2D eigenvalue weighted by Gasteiger charge is 2.28. The Bertz CT molecular complexity index is 1090. The Morgan fingerprint density at radius 1 is 1.15 bits per heavy atom. The SMILES string of the molecule is Cc1cc(C)c(S(=O)(=O)N[C@H](Cc2c[nH]c3ccccc23)C(=O)O)c(C)c1. The zero-order valence-electron chi connectivity index (χ0n) is 15.4. The molecule has 0 unspecified atom stereocenters. The number of carboxylic acid groups (broad SMARTS) is 1. The fraction of sp³-hybridized carbons (Fsp3) is 0.250. The van der Waals surface area contributed by atoms with Crippen molar-refractivity contribution in [2.45, 2.75) is 38.1 Å². The number of carboxylic acids is 1. The summed E-state index contributed by atoms with van der Waals surface area (Å²) in [5.41, 5.74) is 3.77. The molecular formula is C20H22N2O4S. The summed E-state index contributed by atoms with van der Waals surface area (Å²) in [7, 11) is -3.98. The summed E-state index contributed by atoms with van der Waals surface area (Å²) in [6.45, 7) is 5.31. The molecule has 6 nitrogen and oxygen atoms in total. The number of fused-ring (bicyclic) bond motifs is 1. The largest absolute Gasteiger partial charge is 0.480 e. The molecule has 0 aliphatic rings. The molecule has 0 aliphatic carbocycles. The molecule has 0 radical (unpaired) electrons. The maximum Gasteiger partial charge on any atom is 0.322 e. The van der Waals surface area contributed by atoms with Crippen LogP contribution in [0.25, 0.3) is 10.9 Å². The fourth-order valence-corrected chi connectivity index (χ4v) is 5.18. The number of aromatic nitrogens is 1. The van der Waals surface area contributed by atoms with E-state index in [1.165, 1.54) is 0 Å². The average Bonchev–Trinajstić information content (AvgIpc) is 2.96. The number of hydrogen-bond donors (Lipinski definition) is 3. The van der Waals surface area contributed by atoms with E-state index in [1.54, 1.807) is 32.2 Å². The van der Waals surface area contributed by atoms with E-state index >= 15 is 0 Å². The smallest absolute Gasteiger partial charge is 0.322 e. The van der Waals surface area contributed by atoms with Gasteiger partial charge in [0.2, 0.25) is 10.0 Å². The van der Waals surface area contributed by atoms with E-state index in [9.17, 15) is 18.3 Å². The van der Waals surface area contributed by atoms with Crippen molar-refractivity contribution >= 4 is 26.9 Å². The average molecular weight is 386 g/mol. The first-order chi connectivity index (χ1) is 12.7. The number of aromatic amines is 1. The first-order valence-electron chi connectivity index (χ1n) is 8.57. The van der Waals surface area contributed by atoms with Crippen molar-refractivity contribution in [3.8, 4) is 0 Å². The van der Waals surface area contributed by atoms with Crippen molar-refractivity contribution in [2.75, 3.05) is 0 Å². The minimum Gasteiger partial charge on any atom is -0.480 e. The highest BCUT2D eigenvalue weighted by atomic mass is 32.2. The van der Waals surface area contributed by atoms with E-state index < -0.39 is 22.0 Å². The standard InChI is InChI=1S/C20H22N2O4S/c1-12-8-13(2)19(14(3)9-12)27(25,26)22-18(20(23)24)10-15-11-21-17-7-5-4-6-16(15)17/h4-9,11,18,21-22H,10H2,1-3H3,(H,23,24)/t18-/m1/s1. The third kappa shape index (κ3) is 3.89. The summed E-state index contributed by atoms with van der Waals surface area (Å²) >= 11 is 0. The molecule has 1 heterocycles. The predicted molar refractivity (Wildman–Crippen MR) is 104 cm³/mol. The molecule has 2 aromatic carbocycles. The monoisotopic (exact) mass is 386 g/mol. The van der Waals surface area contributed by atoms with Gasteiger partial charge in [0.1, 0.15) is 6.04 Å². The summed E-state index contributed by atoms with van der Waals surface area (Å²) in [6, 6.07) is 9.78. The second-order valence-electron chi connectivity index (χ2n) is 6.80. The van der Waals surface area contributed by atoms with Crippen LogP contribution in [0.2, 0.25) is 0 Å². The van der Waals surface area contributed by atoms with Crippen LogP contribution in [-0.2, 0) is 21.2 Å². The molecule has 142 valence electrons. The van der Waals surface area contributed by atoms with E-state index in [4.69, 9.17) is 0 Å². The molecule has 0 amide bonds. The summed E-state index contributed by atoms with van der Waals surface area (Å²) in [6.07, 6.45) is 1.76. The number of benzene rings is 2. The normalized spacial score (nSPS) is 13.0. The molecular weight excluding hydrogens is 364 g/mol. The molecule has 7 heteroatoms. The molecule has 1 atom stereocenters. The van der Waals surface area contributed by atoms with Gasteiger partial charge in [-0.15, -0.1) is 0 Å². The van der Waals surface area contributed by atoms with Crippen molar-refractivity contribution in [3.63, 3.8) is 0 Å². The lowest BCUT2D eigenvalue weighted by Gasteiger charge is -2.17. The van der Waals surface area contributed by atoms with Crippen LogP contribution in [0.4, 0.5) is 0 Å². The number of carbonyl (C=O) groups is 1. The molecule has 3 rings (SSSR count). The van der Waals surface area contributed by atoms with Gasteiger partial charge in [0.25, 0.3) is 0 Å². The molecule has 0 saturated heterocycles. The lowest BCUT2D eigenvalue weighted by molar-refractivity contribution is -0.138. The van der Waals surface area contributed by atoms with Gasteiger partial charge < -0.3 is 10.1 Å². The van der Waals surface area contributed by atoms with Gasteiger partial charge in [0.15, 0.2) is 0 Å². The van der Waals surface area contributed by atoms with Crippen LogP contribution < -0.4 is 4.72 Å². The number of aliphatic carboxylic acids is 1.